The maximum atomic E-state index is 11.8. The highest BCUT2D eigenvalue weighted by atomic mass is 16.3. The molecule has 5 heteroatoms. The van der Waals surface area contributed by atoms with E-state index in [-0.39, 0.29) is 12.4 Å². The largest absolute Gasteiger partial charge is 0.503 e. The fourth-order valence-electron chi connectivity index (χ4n) is 2.78. The van der Waals surface area contributed by atoms with Crippen molar-refractivity contribution in [1.29, 1.82) is 0 Å². The number of aromatic nitrogens is 1. The summed E-state index contributed by atoms with van der Waals surface area (Å²) in [4.78, 5) is 14.1. The number of pyridine rings is 1. The third kappa shape index (κ3) is 3.22. The number of hydrogen-bond donors (Lipinski definition) is 2. The van der Waals surface area contributed by atoms with Gasteiger partial charge in [0.1, 0.15) is 0 Å². The summed E-state index contributed by atoms with van der Waals surface area (Å²) < 4.78 is 1.90. The highest BCUT2D eigenvalue weighted by Crippen LogP contribution is 2.21. The summed E-state index contributed by atoms with van der Waals surface area (Å²) in [5.74, 6) is 0.203. The van der Waals surface area contributed by atoms with Gasteiger partial charge in [0.05, 0.1) is 12.3 Å². The van der Waals surface area contributed by atoms with Gasteiger partial charge in [-0.05, 0) is 31.8 Å². The van der Waals surface area contributed by atoms with Crippen molar-refractivity contribution in [3.8, 4) is 5.75 Å². The number of nitrogens with zero attached hydrogens (tertiary/aromatic N) is 2. The summed E-state index contributed by atoms with van der Waals surface area (Å²) in [6.07, 6.45) is 2.32. The van der Waals surface area contributed by atoms with Crippen molar-refractivity contribution in [3.05, 3.63) is 27.7 Å². The van der Waals surface area contributed by atoms with Gasteiger partial charge in [0.15, 0.2) is 5.75 Å². The zero-order valence-electron chi connectivity index (χ0n) is 12.3. The number of aliphatic hydroxyl groups is 1. The van der Waals surface area contributed by atoms with Crippen molar-refractivity contribution in [2.45, 2.75) is 46.4 Å². The molecule has 0 spiro atoms. The Hall–Kier alpha value is -1.33. The number of hydrogen-bond acceptors (Lipinski definition) is 4. The third-order valence-corrected chi connectivity index (χ3v) is 3.76. The molecule has 5 nitrogen and oxygen atoms in total. The van der Waals surface area contributed by atoms with Crippen LogP contribution in [0.25, 0.3) is 0 Å². The lowest BCUT2D eigenvalue weighted by molar-refractivity contribution is 0.257. The number of aromatic hydroxyl groups is 1. The Morgan fingerprint density at radius 2 is 1.95 bits per heavy atom. The van der Waals surface area contributed by atoms with Crippen LogP contribution in [0.5, 0.6) is 5.75 Å². The third-order valence-electron chi connectivity index (χ3n) is 3.76. The van der Waals surface area contributed by atoms with E-state index in [0.29, 0.717) is 30.4 Å². The normalized spacial score (nSPS) is 16.2. The Bertz CT molecular complexity index is 517. The molecule has 20 heavy (non-hydrogen) atoms. The molecular weight excluding hydrogens is 256 g/mol. The molecule has 0 saturated carbocycles. The van der Waals surface area contributed by atoms with Crippen LogP contribution in [0.1, 0.15) is 38.1 Å². The van der Waals surface area contributed by atoms with E-state index in [9.17, 15) is 15.0 Å². The topological polar surface area (TPSA) is 65.7 Å². The van der Waals surface area contributed by atoms with E-state index in [4.69, 9.17) is 0 Å². The van der Waals surface area contributed by atoms with Crippen LogP contribution < -0.4 is 5.43 Å². The Morgan fingerprint density at radius 1 is 1.30 bits per heavy atom. The van der Waals surface area contributed by atoms with Crippen LogP contribution in [0.4, 0.5) is 0 Å². The van der Waals surface area contributed by atoms with Crippen molar-refractivity contribution in [1.82, 2.24) is 9.47 Å². The molecule has 0 aliphatic carbocycles. The van der Waals surface area contributed by atoms with E-state index >= 15 is 0 Å². The molecule has 112 valence electrons. The van der Waals surface area contributed by atoms with Gasteiger partial charge in [-0.2, -0.15) is 0 Å². The Kier molecular flexibility index (Phi) is 4.83. The Labute approximate surface area is 119 Å². The second kappa shape index (κ2) is 6.41. The van der Waals surface area contributed by atoms with Crippen LogP contribution in [-0.4, -0.2) is 32.8 Å². The van der Waals surface area contributed by atoms with Crippen LogP contribution in [0.15, 0.2) is 10.9 Å². The minimum absolute atomic E-state index is 0.172. The molecule has 0 amide bonds. The van der Waals surface area contributed by atoms with Gasteiger partial charge in [-0.25, -0.2) is 0 Å². The van der Waals surface area contributed by atoms with Gasteiger partial charge in [-0.3, -0.25) is 9.69 Å². The minimum atomic E-state index is -0.400. The van der Waals surface area contributed by atoms with Gasteiger partial charge >= 0.3 is 0 Å². The summed E-state index contributed by atoms with van der Waals surface area (Å²) in [5.41, 5.74) is 0.816. The number of rotatable bonds is 5. The summed E-state index contributed by atoms with van der Waals surface area (Å²) in [7, 11) is 0. The minimum Gasteiger partial charge on any atom is -0.503 e. The van der Waals surface area contributed by atoms with E-state index in [2.05, 4.69) is 18.7 Å². The molecule has 1 fully saturated rings. The van der Waals surface area contributed by atoms with Crippen molar-refractivity contribution in [2.24, 2.45) is 5.92 Å². The average molecular weight is 280 g/mol. The van der Waals surface area contributed by atoms with Crippen molar-refractivity contribution < 1.29 is 10.2 Å². The number of aliphatic hydroxyl groups excluding tert-OH is 1. The van der Waals surface area contributed by atoms with Crippen molar-refractivity contribution >= 4 is 0 Å². The lowest BCUT2D eigenvalue weighted by Crippen LogP contribution is -2.26. The highest BCUT2D eigenvalue weighted by molar-refractivity contribution is 5.30. The fraction of sp³-hybridized carbons (Fsp3) is 0.667. The first-order valence-corrected chi connectivity index (χ1v) is 7.30. The predicted molar refractivity (Wildman–Crippen MR) is 77.6 cm³/mol. The van der Waals surface area contributed by atoms with Gasteiger partial charge in [-0.15, -0.1) is 0 Å². The molecule has 1 saturated heterocycles. The first-order chi connectivity index (χ1) is 9.52. The van der Waals surface area contributed by atoms with Gasteiger partial charge in [0.2, 0.25) is 5.43 Å². The van der Waals surface area contributed by atoms with E-state index in [1.54, 1.807) is 0 Å². The lowest BCUT2D eigenvalue weighted by Gasteiger charge is -2.23. The molecule has 2 rings (SSSR count). The smallest absolute Gasteiger partial charge is 0.223 e. The van der Waals surface area contributed by atoms with Crippen LogP contribution >= 0.6 is 0 Å². The summed E-state index contributed by atoms with van der Waals surface area (Å²) in [5, 5.41) is 19.6. The first kappa shape index (κ1) is 15.1. The quantitative estimate of drug-likeness (QED) is 0.853. The SMILES string of the molecule is CC(C)Cn1c(CO)cc(=O)c(O)c1CN1CCCC1. The van der Waals surface area contributed by atoms with Gasteiger partial charge in [-0.1, -0.05) is 13.8 Å². The van der Waals surface area contributed by atoms with Crippen LogP contribution in [0.3, 0.4) is 0 Å². The molecule has 1 aliphatic rings. The molecule has 0 radical (unpaired) electrons. The maximum Gasteiger partial charge on any atom is 0.223 e. The molecule has 0 unspecified atom stereocenters. The fourth-order valence-corrected chi connectivity index (χ4v) is 2.78. The molecule has 2 N–H and O–H groups in total. The van der Waals surface area contributed by atoms with Crippen molar-refractivity contribution in [3.63, 3.8) is 0 Å². The van der Waals surface area contributed by atoms with E-state index in [0.717, 1.165) is 25.9 Å². The zero-order valence-corrected chi connectivity index (χ0v) is 12.3. The van der Waals surface area contributed by atoms with Gasteiger partial charge < -0.3 is 14.8 Å². The monoisotopic (exact) mass is 280 g/mol. The summed E-state index contributed by atoms with van der Waals surface area (Å²) >= 11 is 0. The Morgan fingerprint density at radius 3 is 2.50 bits per heavy atom. The van der Waals surface area contributed by atoms with Crippen LogP contribution in [0, 0.1) is 5.92 Å². The highest BCUT2D eigenvalue weighted by Gasteiger charge is 2.20. The zero-order chi connectivity index (χ0) is 14.7. The molecule has 0 bridgehead atoms. The second-order valence-corrected chi connectivity index (χ2v) is 5.94. The van der Waals surface area contributed by atoms with Crippen LogP contribution in [0.2, 0.25) is 0 Å². The maximum absolute atomic E-state index is 11.8. The molecule has 0 aromatic carbocycles. The van der Waals surface area contributed by atoms with Crippen LogP contribution in [-0.2, 0) is 19.7 Å². The van der Waals surface area contributed by atoms with E-state index in [1.165, 1.54) is 6.07 Å². The standard InChI is InChI=1S/C15H24N2O3/c1-11(2)8-17-12(10-18)7-14(19)15(20)13(17)9-16-5-3-4-6-16/h7,11,18,20H,3-6,8-10H2,1-2H3. The van der Waals surface area contributed by atoms with E-state index < -0.39 is 5.43 Å². The van der Waals surface area contributed by atoms with E-state index in [1.807, 2.05) is 4.57 Å². The van der Waals surface area contributed by atoms with Gasteiger partial charge in [0.25, 0.3) is 0 Å². The molecular formula is C15H24N2O3. The lowest BCUT2D eigenvalue weighted by atomic mass is 10.1. The first-order valence-electron chi connectivity index (χ1n) is 7.30. The molecule has 1 aromatic heterocycles. The Balaban J connectivity index is 2.43. The second-order valence-electron chi connectivity index (χ2n) is 5.94. The molecule has 0 atom stereocenters. The average Bonchev–Trinajstić information content (AvgIpc) is 2.90. The van der Waals surface area contributed by atoms with Gasteiger partial charge in [0, 0.05) is 24.8 Å². The molecule has 1 aromatic rings. The van der Waals surface area contributed by atoms with Crippen molar-refractivity contribution in [2.75, 3.05) is 13.1 Å². The molecule has 2 heterocycles. The predicted octanol–water partition coefficient (Wildman–Crippen LogP) is 1.30. The molecule has 1 aliphatic heterocycles. The number of likely N-dealkylation sites (tertiary alicyclic amines) is 1. The summed E-state index contributed by atoms with van der Waals surface area (Å²) in [6.45, 7) is 7.23. The summed E-state index contributed by atoms with van der Waals surface area (Å²) in [6, 6.07) is 1.34.